The molecule has 0 bridgehead atoms. The van der Waals surface area contributed by atoms with Crippen LogP contribution in [-0.4, -0.2) is 37.2 Å². The van der Waals surface area contributed by atoms with Gasteiger partial charge in [-0.05, 0) is 60.4 Å². The summed E-state index contributed by atoms with van der Waals surface area (Å²) >= 11 is 0. The molecule has 1 unspecified atom stereocenters. The summed E-state index contributed by atoms with van der Waals surface area (Å²) in [6, 6.07) is 5.82. The van der Waals surface area contributed by atoms with Crippen LogP contribution in [0.2, 0.25) is 0 Å². The average molecular weight is 353 g/mol. The van der Waals surface area contributed by atoms with Crippen LogP contribution in [0.25, 0.3) is 5.69 Å². The minimum atomic E-state index is -4.35. The molecular formula is C17H22F3N5. The maximum Gasteiger partial charge on any atom is 0.416 e. The first-order chi connectivity index (χ1) is 11.8. The maximum atomic E-state index is 12.7. The molecule has 1 aliphatic rings. The molecule has 1 aliphatic carbocycles. The van der Waals surface area contributed by atoms with E-state index in [-0.39, 0.29) is 0 Å². The molecule has 2 aromatic rings. The minimum Gasteiger partial charge on any atom is -0.290 e. The molecule has 25 heavy (non-hydrogen) atoms. The Labute approximate surface area is 144 Å². The Morgan fingerprint density at radius 2 is 1.80 bits per heavy atom. The van der Waals surface area contributed by atoms with Crippen molar-refractivity contribution in [2.45, 2.75) is 58.4 Å². The largest absolute Gasteiger partial charge is 0.416 e. The monoisotopic (exact) mass is 353 g/mol. The molecule has 136 valence electrons. The lowest BCUT2D eigenvalue weighted by Gasteiger charge is -2.31. The average Bonchev–Trinajstić information content (AvgIpc) is 3.29. The van der Waals surface area contributed by atoms with E-state index < -0.39 is 11.7 Å². The van der Waals surface area contributed by atoms with Crippen molar-refractivity contribution in [2.24, 2.45) is 5.92 Å². The second-order valence-corrected chi connectivity index (χ2v) is 6.94. The third kappa shape index (κ3) is 4.00. The first kappa shape index (κ1) is 17.8. The summed E-state index contributed by atoms with van der Waals surface area (Å²) in [5.74, 6) is 1.13. The lowest BCUT2D eigenvalue weighted by atomic mass is 10.0. The van der Waals surface area contributed by atoms with Crippen LogP contribution in [0, 0.1) is 5.92 Å². The van der Waals surface area contributed by atoms with Crippen LogP contribution in [0.15, 0.2) is 24.3 Å². The van der Waals surface area contributed by atoms with Crippen molar-refractivity contribution in [3.05, 3.63) is 35.7 Å². The first-order valence-electron chi connectivity index (χ1n) is 8.48. The van der Waals surface area contributed by atoms with E-state index in [1.165, 1.54) is 29.7 Å². The second kappa shape index (κ2) is 6.74. The summed E-state index contributed by atoms with van der Waals surface area (Å²) in [6.07, 6.45) is -2.02. The number of nitrogens with zero attached hydrogens (tertiary/aromatic N) is 5. The van der Waals surface area contributed by atoms with Crippen LogP contribution in [0.4, 0.5) is 13.2 Å². The molecule has 1 fully saturated rings. The van der Waals surface area contributed by atoms with E-state index in [1.807, 2.05) is 0 Å². The van der Waals surface area contributed by atoms with E-state index >= 15 is 0 Å². The van der Waals surface area contributed by atoms with E-state index in [4.69, 9.17) is 0 Å². The van der Waals surface area contributed by atoms with Crippen molar-refractivity contribution in [1.82, 2.24) is 25.1 Å². The molecule has 1 saturated carbocycles. The highest BCUT2D eigenvalue weighted by atomic mass is 19.4. The predicted molar refractivity (Wildman–Crippen MR) is 87.0 cm³/mol. The van der Waals surface area contributed by atoms with Gasteiger partial charge in [0.2, 0.25) is 0 Å². The van der Waals surface area contributed by atoms with Crippen LogP contribution in [0.5, 0.6) is 0 Å². The van der Waals surface area contributed by atoms with Crippen molar-refractivity contribution in [3.63, 3.8) is 0 Å². The zero-order valence-electron chi connectivity index (χ0n) is 14.5. The zero-order valence-corrected chi connectivity index (χ0v) is 14.5. The van der Waals surface area contributed by atoms with Crippen molar-refractivity contribution >= 4 is 0 Å². The minimum absolute atomic E-state index is 0.380. The van der Waals surface area contributed by atoms with Gasteiger partial charge in [0, 0.05) is 12.1 Å². The van der Waals surface area contributed by atoms with E-state index in [2.05, 4.69) is 41.2 Å². The molecule has 1 aromatic carbocycles. The lowest BCUT2D eigenvalue weighted by molar-refractivity contribution is -0.137. The summed E-state index contributed by atoms with van der Waals surface area (Å²) in [6.45, 7) is 7.13. The number of hydrogen-bond donors (Lipinski definition) is 0. The predicted octanol–water partition coefficient (Wildman–Crippen LogP) is 3.69. The number of aromatic nitrogens is 4. The van der Waals surface area contributed by atoms with Crippen molar-refractivity contribution in [1.29, 1.82) is 0 Å². The highest BCUT2D eigenvalue weighted by molar-refractivity contribution is 5.35. The van der Waals surface area contributed by atoms with Crippen molar-refractivity contribution in [2.75, 3.05) is 0 Å². The molecule has 0 radical (unpaired) electrons. The van der Waals surface area contributed by atoms with Crippen LogP contribution in [-0.2, 0) is 12.7 Å². The molecule has 8 heteroatoms. The quantitative estimate of drug-likeness (QED) is 0.795. The number of benzene rings is 1. The summed E-state index contributed by atoms with van der Waals surface area (Å²) in [7, 11) is 0. The van der Waals surface area contributed by atoms with E-state index in [1.54, 1.807) is 0 Å². The summed E-state index contributed by atoms with van der Waals surface area (Å²) < 4.78 is 39.7. The fraction of sp³-hybridized carbons (Fsp3) is 0.588. The molecule has 1 aromatic heterocycles. The highest BCUT2D eigenvalue weighted by Gasteiger charge is 2.34. The molecule has 1 atom stereocenters. The number of rotatable bonds is 6. The van der Waals surface area contributed by atoms with Crippen LogP contribution in [0.3, 0.4) is 0 Å². The molecule has 0 saturated heterocycles. The van der Waals surface area contributed by atoms with Gasteiger partial charge < -0.3 is 0 Å². The fourth-order valence-corrected chi connectivity index (χ4v) is 2.85. The van der Waals surface area contributed by atoms with Crippen LogP contribution < -0.4 is 0 Å². The molecule has 3 rings (SSSR count). The summed E-state index contributed by atoms with van der Waals surface area (Å²) in [5.41, 5.74) is -0.153. The molecule has 5 nitrogen and oxygen atoms in total. The van der Waals surface area contributed by atoms with Crippen molar-refractivity contribution < 1.29 is 13.2 Å². The van der Waals surface area contributed by atoms with Gasteiger partial charge in [0.1, 0.15) is 0 Å². The van der Waals surface area contributed by atoms with Gasteiger partial charge >= 0.3 is 6.18 Å². The van der Waals surface area contributed by atoms with Gasteiger partial charge in [-0.2, -0.15) is 17.9 Å². The Morgan fingerprint density at radius 1 is 1.16 bits per heavy atom. The summed E-state index contributed by atoms with van der Waals surface area (Å²) in [4.78, 5) is 2.39. The van der Waals surface area contributed by atoms with Gasteiger partial charge in [-0.3, -0.25) is 4.90 Å². The Hall–Kier alpha value is -1.96. The van der Waals surface area contributed by atoms with Crippen LogP contribution >= 0.6 is 0 Å². The smallest absolute Gasteiger partial charge is 0.290 e. The molecule has 0 N–H and O–H groups in total. The van der Waals surface area contributed by atoms with Gasteiger partial charge in [-0.1, -0.05) is 13.8 Å². The molecule has 0 amide bonds. The fourth-order valence-electron chi connectivity index (χ4n) is 2.85. The van der Waals surface area contributed by atoms with E-state index in [0.29, 0.717) is 36.1 Å². The van der Waals surface area contributed by atoms with Gasteiger partial charge in [-0.15, -0.1) is 5.10 Å². The summed E-state index contributed by atoms with van der Waals surface area (Å²) in [5, 5.41) is 11.8. The Morgan fingerprint density at radius 3 is 2.32 bits per heavy atom. The second-order valence-electron chi connectivity index (χ2n) is 6.94. The van der Waals surface area contributed by atoms with Gasteiger partial charge in [0.15, 0.2) is 5.82 Å². The Kier molecular flexibility index (Phi) is 4.81. The highest BCUT2D eigenvalue weighted by Crippen LogP contribution is 2.32. The van der Waals surface area contributed by atoms with Gasteiger partial charge in [-0.25, -0.2) is 0 Å². The lowest BCUT2D eigenvalue weighted by Crippen LogP contribution is -2.38. The van der Waals surface area contributed by atoms with Gasteiger partial charge in [0.25, 0.3) is 0 Å². The topological polar surface area (TPSA) is 46.8 Å². The van der Waals surface area contributed by atoms with E-state index in [9.17, 15) is 13.2 Å². The zero-order chi connectivity index (χ0) is 18.2. The normalized spacial score (nSPS) is 16.6. The third-order valence-corrected chi connectivity index (χ3v) is 4.80. The van der Waals surface area contributed by atoms with Crippen LogP contribution in [0.1, 0.15) is 45.0 Å². The standard InChI is InChI=1S/C17H22F3N5/c1-11(2)12(3)24(14-8-9-14)10-16-21-22-23-25(16)15-6-4-13(5-7-15)17(18,19)20/h4-7,11-12,14H,8-10H2,1-3H3. The SMILES string of the molecule is CC(C)C(C)N(Cc1nnnn1-c1ccc(C(F)(F)F)cc1)C1CC1. The van der Waals surface area contributed by atoms with E-state index in [0.717, 1.165) is 12.1 Å². The maximum absolute atomic E-state index is 12.7. The number of hydrogen-bond acceptors (Lipinski definition) is 4. The third-order valence-electron chi connectivity index (χ3n) is 4.80. The molecule has 0 aliphatic heterocycles. The Balaban J connectivity index is 1.82. The van der Waals surface area contributed by atoms with Gasteiger partial charge in [0.05, 0.1) is 17.8 Å². The number of alkyl halides is 3. The molecule has 1 heterocycles. The number of halogens is 3. The Bertz CT molecular complexity index is 704. The molecular weight excluding hydrogens is 331 g/mol. The molecule has 0 spiro atoms. The van der Waals surface area contributed by atoms with Crippen molar-refractivity contribution in [3.8, 4) is 5.69 Å². The number of tetrazole rings is 1. The first-order valence-corrected chi connectivity index (χ1v) is 8.48.